The van der Waals surface area contributed by atoms with Gasteiger partial charge in [-0.2, -0.15) is 0 Å². The van der Waals surface area contributed by atoms with Crippen LogP contribution in [0, 0.1) is 6.92 Å². The van der Waals surface area contributed by atoms with Crippen molar-refractivity contribution in [3.63, 3.8) is 0 Å². The van der Waals surface area contributed by atoms with Crippen LogP contribution in [-0.2, 0) is 16.4 Å². The molecule has 3 nitrogen and oxygen atoms in total. The molecule has 0 N–H and O–H groups in total. The molecule has 23 heavy (non-hydrogen) atoms. The van der Waals surface area contributed by atoms with Crippen LogP contribution in [0.1, 0.15) is 42.9 Å². The Hall–Kier alpha value is -1.81. The van der Waals surface area contributed by atoms with Crippen molar-refractivity contribution in [3.05, 3.63) is 59.2 Å². The van der Waals surface area contributed by atoms with Gasteiger partial charge in [0.2, 0.25) is 0 Å². The van der Waals surface area contributed by atoms with Gasteiger partial charge >= 0.3 is 0 Å². The minimum absolute atomic E-state index is 0.371. The third-order valence-corrected chi connectivity index (χ3v) is 6.27. The topological polar surface area (TPSA) is 37.4 Å². The summed E-state index contributed by atoms with van der Waals surface area (Å²) in [5.74, 6) is 0.394. The summed E-state index contributed by atoms with van der Waals surface area (Å²) in [5.41, 5.74) is 4.27. The molecule has 4 heteroatoms. The third-order valence-electron chi connectivity index (χ3n) is 4.45. The standard InChI is InChI=1S/C19H23NO2S/c1-14(2)16-7-9-18(10-8-16)23(21,22)20-12-4-5-17-13-15(3)6-11-19(17)20/h6-11,13-14H,4-5,12H2,1-3H3. The van der Waals surface area contributed by atoms with E-state index in [0.29, 0.717) is 17.4 Å². The molecule has 122 valence electrons. The molecule has 0 atom stereocenters. The first-order chi connectivity index (χ1) is 10.9. The van der Waals surface area contributed by atoms with E-state index in [1.54, 1.807) is 16.4 Å². The van der Waals surface area contributed by atoms with Gasteiger partial charge in [0.05, 0.1) is 10.6 Å². The normalized spacial score (nSPS) is 14.9. The summed E-state index contributed by atoms with van der Waals surface area (Å²) in [6, 6.07) is 13.3. The van der Waals surface area contributed by atoms with Crippen LogP contribution < -0.4 is 4.31 Å². The van der Waals surface area contributed by atoms with Gasteiger partial charge in [-0.3, -0.25) is 4.31 Å². The number of anilines is 1. The maximum absolute atomic E-state index is 13.0. The molecule has 0 saturated carbocycles. The van der Waals surface area contributed by atoms with Gasteiger partial charge in [-0.1, -0.05) is 43.7 Å². The van der Waals surface area contributed by atoms with Gasteiger partial charge in [0, 0.05) is 6.54 Å². The fraction of sp³-hybridized carbons (Fsp3) is 0.368. The highest BCUT2D eigenvalue weighted by atomic mass is 32.2. The summed E-state index contributed by atoms with van der Waals surface area (Å²) in [4.78, 5) is 0.371. The van der Waals surface area contributed by atoms with Crippen LogP contribution in [-0.4, -0.2) is 15.0 Å². The molecule has 1 aliphatic rings. The van der Waals surface area contributed by atoms with E-state index in [-0.39, 0.29) is 0 Å². The van der Waals surface area contributed by atoms with Crippen LogP contribution in [0.4, 0.5) is 5.69 Å². The fourth-order valence-electron chi connectivity index (χ4n) is 3.09. The molecule has 2 aromatic carbocycles. The molecule has 0 aliphatic carbocycles. The zero-order chi connectivity index (χ0) is 16.6. The molecule has 0 spiro atoms. The zero-order valence-electron chi connectivity index (χ0n) is 13.9. The second-order valence-corrected chi connectivity index (χ2v) is 8.40. The number of fused-ring (bicyclic) bond motifs is 1. The summed E-state index contributed by atoms with van der Waals surface area (Å²) in [5, 5.41) is 0. The first kappa shape index (κ1) is 16.1. The van der Waals surface area contributed by atoms with E-state index >= 15 is 0 Å². The minimum Gasteiger partial charge on any atom is -0.266 e. The first-order valence-electron chi connectivity index (χ1n) is 8.12. The highest BCUT2D eigenvalue weighted by Crippen LogP contribution is 2.32. The Bertz CT molecular complexity index is 808. The van der Waals surface area contributed by atoms with Gasteiger partial charge in [0.1, 0.15) is 0 Å². The summed E-state index contributed by atoms with van der Waals surface area (Å²) in [6.07, 6.45) is 1.80. The van der Waals surface area contributed by atoms with Crippen molar-refractivity contribution in [1.29, 1.82) is 0 Å². The lowest BCUT2D eigenvalue weighted by Crippen LogP contribution is -2.35. The third kappa shape index (κ3) is 3.00. The van der Waals surface area contributed by atoms with Crippen molar-refractivity contribution >= 4 is 15.7 Å². The molecule has 0 unspecified atom stereocenters. The van der Waals surface area contributed by atoms with Crippen molar-refractivity contribution in [1.82, 2.24) is 0 Å². The Balaban J connectivity index is 2.01. The molecule has 0 bridgehead atoms. The largest absolute Gasteiger partial charge is 0.266 e. The van der Waals surface area contributed by atoms with E-state index in [2.05, 4.69) is 19.9 Å². The summed E-state index contributed by atoms with van der Waals surface area (Å²) >= 11 is 0. The van der Waals surface area contributed by atoms with Crippen molar-refractivity contribution in [2.24, 2.45) is 0 Å². The van der Waals surface area contributed by atoms with Gasteiger partial charge in [-0.05, 0) is 55.0 Å². The number of hydrogen-bond acceptors (Lipinski definition) is 2. The van der Waals surface area contributed by atoms with Gasteiger partial charge in [0.25, 0.3) is 10.0 Å². The van der Waals surface area contributed by atoms with Crippen molar-refractivity contribution in [2.75, 3.05) is 10.8 Å². The monoisotopic (exact) mass is 329 g/mol. The summed E-state index contributed by atoms with van der Waals surface area (Å²) in [6.45, 7) is 6.79. The average Bonchev–Trinajstić information content (AvgIpc) is 2.54. The molecule has 0 amide bonds. The Morgan fingerprint density at radius 2 is 1.74 bits per heavy atom. The molecule has 0 fully saturated rings. The number of nitrogens with zero attached hydrogens (tertiary/aromatic N) is 1. The highest BCUT2D eigenvalue weighted by molar-refractivity contribution is 7.92. The Morgan fingerprint density at radius 3 is 2.39 bits per heavy atom. The van der Waals surface area contributed by atoms with Gasteiger partial charge < -0.3 is 0 Å². The Morgan fingerprint density at radius 1 is 1.04 bits per heavy atom. The van der Waals surface area contributed by atoms with E-state index in [1.165, 1.54) is 5.56 Å². The molecule has 0 aromatic heterocycles. The van der Waals surface area contributed by atoms with E-state index < -0.39 is 10.0 Å². The lowest BCUT2D eigenvalue weighted by atomic mass is 10.0. The smallest absolute Gasteiger partial charge is 0.264 e. The quantitative estimate of drug-likeness (QED) is 0.844. The van der Waals surface area contributed by atoms with Crippen molar-refractivity contribution < 1.29 is 8.42 Å². The SMILES string of the molecule is Cc1ccc2c(c1)CCCN2S(=O)(=O)c1ccc(C(C)C)cc1. The van der Waals surface area contributed by atoms with Crippen LogP contribution in [0.5, 0.6) is 0 Å². The minimum atomic E-state index is -3.50. The number of aryl methyl sites for hydroxylation is 2. The lowest BCUT2D eigenvalue weighted by Gasteiger charge is -2.30. The Labute approximate surface area is 139 Å². The number of hydrogen-bond donors (Lipinski definition) is 0. The van der Waals surface area contributed by atoms with Crippen molar-refractivity contribution in [2.45, 2.75) is 44.4 Å². The van der Waals surface area contributed by atoms with E-state index in [1.807, 2.05) is 31.2 Å². The predicted octanol–water partition coefficient (Wildman–Crippen LogP) is 4.26. The van der Waals surface area contributed by atoms with Crippen LogP contribution in [0.25, 0.3) is 0 Å². The number of rotatable bonds is 3. The van der Waals surface area contributed by atoms with E-state index in [0.717, 1.165) is 29.7 Å². The molecule has 2 aromatic rings. The fourth-order valence-corrected chi connectivity index (χ4v) is 4.63. The highest BCUT2D eigenvalue weighted by Gasteiger charge is 2.29. The van der Waals surface area contributed by atoms with Crippen molar-refractivity contribution in [3.8, 4) is 0 Å². The zero-order valence-corrected chi connectivity index (χ0v) is 14.7. The van der Waals surface area contributed by atoms with E-state index in [9.17, 15) is 8.42 Å². The predicted molar refractivity (Wildman–Crippen MR) is 94.6 cm³/mol. The molecule has 1 aliphatic heterocycles. The maximum Gasteiger partial charge on any atom is 0.264 e. The molecule has 1 heterocycles. The summed E-state index contributed by atoms with van der Waals surface area (Å²) < 4.78 is 27.6. The van der Waals surface area contributed by atoms with Crippen LogP contribution in [0.15, 0.2) is 47.4 Å². The lowest BCUT2D eigenvalue weighted by molar-refractivity contribution is 0.586. The van der Waals surface area contributed by atoms with Crippen LogP contribution >= 0.6 is 0 Å². The maximum atomic E-state index is 13.0. The van der Waals surface area contributed by atoms with E-state index in [4.69, 9.17) is 0 Å². The first-order valence-corrected chi connectivity index (χ1v) is 9.56. The average molecular weight is 329 g/mol. The number of benzene rings is 2. The van der Waals surface area contributed by atoms with Gasteiger partial charge in [0.15, 0.2) is 0 Å². The van der Waals surface area contributed by atoms with Gasteiger partial charge in [-0.15, -0.1) is 0 Å². The van der Waals surface area contributed by atoms with Gasteiger partial charge in [-0.25, -0.2) is 8.42 Å². The molecular formula is C19H23NO2S. The molecule has 0 saturated heterocycles. The number of sulfonamides is 1. The second-order valence-electron chi connectivity index (χ2n) is 6.54. The molecule has 3 rings (SSSR count). The van der Waals surface area contributed by atoms with Crippen LogP contribution in [0.3, 0.4) is 0 Å². The molecular weight excluding hydrogens is 306 g/mol. The van der Waals surface area contributed by atoms with Crippen LogP contribution in [0.2, 0.25) is 0 Å². The Kier molecular flexibility index (Phi) is 4.19. The molecule has 0 radical (unpaired) electrons. The summed E-state index contributed by atoms with van der Waals surface area (Å²) in [7, 11) is -3.50. The second kappa shape index (κ2) is 6.00.